The van der Waals surface area contributed by atoms with E-state index in [-0.39, 0.29) is 11.3 Å². The van der Waals surface area contributed by atoms with Gasteiger partial charge in [-0.25, -0.2) is 0 Å². The average Bonchev–Trinajstić information content (AvgIpc) is 3.23. The standard InChI is InChI=1S/C17H26N4O2/c22-16(17-6-2-1-3-13(17)10-18-11-17)19-15-9-14(20-21-15)12-4-7-23-8-5-12/h9,12-13,18H,1-8,10-11H2,(H2,19,20,21,22)/t13-,17+/m0/s1. The third-order valence-corrected chi connectivity index (χ3v) is 5.99. The third kappa shape index (κ3) is 2.78. The molecule has 3 heterocycles. The first-order valence-electron chi connectivity index (χ1n) is 8.93. The smallest absolute Gasteiger partial charge is 0.233 e. The number of ether oxygens (including phenoxy) is 1. The van der Waals surface area contributed by atoms with Gasteiger partial charge in [-0.05, 0) is 38.1 Å². The molecular formula is C17H26N4O2. The van der Waals surface area contributed by atoms with E-state index in [2.05, 4.69) is 20.8 Å². The maximum Gasteiger partial charge on any atom is 0.233 e. The summed E-state index contributed by atoms with van der Waals surface area (Å²) in [6, 6.07) is 2.00. The van der Waals surface area contributed by atoms with Crippen LogP contribution in [0, 0.1) is 11.3 Å². The lowest BCUT2D eigenvalue weighted by Crippen LogP contribution is -2.44. The molecular weight excluding hydrogens is 292 g/mol. The van der Waals surface area contributed by atoms with Gasteiger partial charge in [0.15, 0.2) is 5.82 Å². The van der Waals surface area contributed by atoms with Crippen molar-refractivity contribution in [1.82, 2.24) is 15.5 Å². The van der Waals surface area contributed by atoms with E-state index in [9.17, 15) is 4.79 Å². The molecule has 3 fully saturated rings. The number of carbonyl (C=O) groups excluding carboxylic acids is 1. The van der Waals surface area contributed by atoms with Gasteiger partial charge >= 0.3 is 0 Å². The number of hydrogen-bond acceptors (Lipinski definition) is 4. The quantitative estimate of drug-likeness (QED) is 0.797. The Balaban J connectivity index is 1.45. The lowest BCUT2D eigenvalue weighted by Gasteiger charge is -2.36. The Bertz CT molecular complexity index is 567. The predicted molar refractivity (Wildman–Crippen MR) is 87.3 cm³/mol. The van der Waals surface area contributed by atoms with Gasteiger partial charge in [-0.15, -0.1) is 0 Å². The maximum absolute atomic E-state index is 12.9. The first kappa shape index (κ1) is 15.1. The van der Waals surface area contributed by atoms with Crippen LogP contribution in [0.4, 0.5) is 5.82 Å². The average molecular weight is 318 g/mol. The van der Waals surface area contributed by atoms with Gasteiger partial charge in [-0.3, -0.25) is 9.89 Å². The minimum absolute atomic E-state index is 0.150. The minimum Gasteiger partial charge on any atom is -0.381 e. The second kappa shape index (κ2) is 6.24. The summed E-state index contributed by atoms with van der Waals surface area (Å²) < 4.78 is 5.41. The first-order valence-corrected chi connectivity index (χ1v) is 8.93. The van der Waals surface area contributed by atoms with Crippen molar-refractivity contribution in [3.8, 4) is 0 Å². The molecule has 6 heteroatoms. The van der Waals surface area contributed by atoms with Crippen LogP contribution in [0.2, 0.25) is 0 Å². The van der Waals surface area contributed by atoms with Gasteiger partial charge in [0.2, 0.25) is 5.91 Å². The number of amides is 1. The zero-order chi connectivity index (χ0) is 15.7. The number of H-pyrrole nitrogens is 1. The fraction of sp³-hybridized carbons (Fsp3) is 0.765. The van der Waals surface area contributed by atoms with Crippen LogP contribution in [0.15, 0.2) is 6.07 Å². The Hall–Kier alpha value is -1.40. The van der Waals surface area contributed by atoms with Crippen LogP contribution in [0.5, 0.6) is 0 Å². The molecule has 1 aliphatic carbocycles. The van der Waals surface area contributed by atoms with E-state index in [4.69, 9.17) is 4.74 Å². The molecule has 3 aliphatic rings. The number of anilines is 1. The van der Waals surface area contributed by atoms with Gasteiger partial charge in [0.25, 0.3) is 0 Å². The number of hydrogen-bond donors (Lipinski definition) is 3. The minimum atomic E-state index is -0.226. The van der Waals surface area contributed by atoms with E-state index in [1.165, 1.54) is 6.42 Å². The van der Waals surface area contributed by atoms with Gasteiger partial charge < -0.3 is 15.4 Å². The Labute approximate surface area is 136 Å². The number of aromatic amines is 1. The monoisotopic (exact) mass is 318 g/mol. The highest BCUT2D eigenvalue weighted by Gasteiger charge is 2.49. The van der Waals surface area contributed by atoms with Crippen molar-refractivity contribution in [1.29, 1.82) is 0 Å². The number of nitrogens with one attached hydrogen (secondary N) is 3. The highest BCUT2D eigenvalue weighted by Crippen LogP contribution is 2.44. The molecule has 3 N–H and O–H groups in total. The van der Waals surface area contributed by atoms with Crippen molar-refractivity contribution in [2.45, 2.75) is 44.4 Å². The van der Waals surface area contributed by atoms with Crippen molar-refractivity contribution in [3.05, 3.63) is 11.8 Å². The zero-order valence-corrected chi connectivity index (χ0v) is 13.6. The molecule has 0 radical (unpaired) electrons. The van der Waals surface area contributed by atoms with E-state index >= 15 is 0 Å². The summed E-state index contributed by atoms with van der Waals surface area (Å²) in [6.07, 6.45) is 6.59. The zero-order valence-electron chi connectivity index (χ0n) is 13.6. The predicted octanol–water partition coefficient (Wildman–Crippen LogP) is 2.02. The molecule has 4 rings (SSSR count). The summed E-state index contributed by atoms with van der Waals surface area (Å²) in [4.78, 5) is 12.9. The van der Waals surface area contributed by atoms with Crippen molar-refractivity contribution >= 4 is 11.7 Å². The van der Waals surface area contributed by atoms with E-state index in [1.54, 1.807) is 0 Å². The van der Waals surface area contributed by atoms with Crippen LogP contribution in [-0.4, -0.2) is 42.4 Å². The number of fused-ring (bicyclic) bond motifs is 1. The largest absolute Gasteiger partial charge is 0.381 e. The van der Waals surface area contributed by atoms with Crippen LogP contribution in [0.25, 0.3) is 0 Å². The summed E-state index contributed by atoms with van der Waals surface area (Å²) in [7, 11) is 0. The van der Waals surface area contributed by atoms with Gasteiger partial charge in [-0.2, -0.15) is 5.10 Å². The summed E-state index contributed by atoms with van der Waals surface area (Å²) in [6.45, 7) is 3.39. The highest BCUT2D eigenvalue weighted by molar-refractivity contribution is 5.95. The SMILES string of the molecule is O=C(Nc1cc(C2CCOCC2)[nH]n1)[C@@]12CCCC[C@H]1CNC2. The number of aromatic nitrogens is 2. The van der Waals surface area contributed by atoms with Crippen molar-refractivity contribution in [2.75, 3.05) is 31.6 Å². The summed E-state index contributed by atoms with van der Waals surface area (Å²) in [5.74, 6) is 1.76. The summed E-state index contributed by atoms with van der Waals surface area (Å²) in [5.41, 5.74) is 0.890. The molecule has 1 aromatic heterocycles. The Kier molecular flexibility index (Phi) is 4.11. The maximum atomic E-state index is 12.9. The van der Waals surface area contributed by atoms with Gasteiger partial charge in [0, 0.05) is 37.4 Å². The second-order valence-corrected chi connectivity index (χ2v) is 7.28. The second-order valence-electron chi connectivity index (χ2n) is 7.28. The Morgan fingerprint density at radius 2 is 2.17 bits per heavy atom. The molecule has 0 bridgehead atoms. The first-order chi connectivity index (χ1) is 11.3. The topological polar surface area (TPSA) is 79.0 Å². The van der Waals surface area contributed by atoms with E-state index in [0.717, 1.165) is 64.1 Å². The normalized spacial score (nSPS) is 31.7. The van der Waals surface area contributed by atoms with E-state index < -0.39 is 0 Å². The molecule has 1 aromatic rings. The third-order valence-electron chi connectivity index (χ3n) is 5.99. The van der Waals surface area contributed by atoms with Crippen LogP contribution < -0.4 is 10.6 Å². The molecule has 2 aliphatic heterocycles. The molecule has 0 spiro atoms. The molecule has 2 atom stereocenters. The molecule has 6 nitrogen and oxygen atoms in total. The molecule has 1 amide bonds. The van der Waals surface area contributed by atoms with E-state index in [1.807, 2.05) is 6.07 Å². The molecule has 2 saturated heterocycles. The molecule has 23 heavy (non-hydrogen) atoms. The van der Waals surface area contributed by atoms with E-state index in [0.29, 0.717) is 17.7 Å². The fourth-order valence-electron chi connectivity index (χ4n) is 4.55. The number of nitrogens with zero attached hydrogens (tertiary/aromatic N) is 1. The molecule has 0 aromatic carbocycles. The van der Waals surface area contributed by atoms with Gasteiger partial charge in [0.05, 0.1) is 5.41 Å². The van der Waals surface area contributed by atoms with Crippen LogP contribution >= 0.6 is 0 Å². The van der Waals surface area contributed by atoms with Crippen LogP contribution in [-0.2, 0) is 9.53 Å². The Morgan fingerprint density at radius 1 is 1.30 bits per heavy atom. The molecule has 126 valence electrons. The van der Waals surface area contributed by atoms with Crippen molar-refractivity contribution in [3.63, 3.8) is 0 Å². The van der Waals surface area contributed by atoms with Crippen LogP contribution in [0.3, 0.4) is 0 Å². The van der Waals surface area contributed by atoms with Gasteiger partial charge in [0.1, 0.15) is 0 Å². The summed E-state index contributed by atoms with van der Waals surface area (Å²) in [5, 5.41) is 13.9. The van der Waals surface area contributed by atoms with Crippen LogP contribution in [0.1, 0.15) is 50.1 Å². The van der Waals surface area contributed by atoms with Gasteiger partial charge in [-0.1, -0.05) is 12.8 Å². The fourth-order valence-corrected chi connectivity index (χ4v) is 4.55. The number of rotatable bonds is 3. The van der Waals surface area contributed by atoms with Crippen molar-refractivity contribution in [2.24, 2.45) is 11.3 Å². The molecule has 1 saturated carbocycles. The Morgan fingerprint density at radius 3 is 3.04 bits per heavy atom. The number of carbonyl (C=O) groups is 1. The van der Waals surface area contributed by atoms with Crippen molar-refractivity contribution < 1.29 is 9.53 Å². The summed E-state index contributed by atoms with van der Waals surface area (Å²) >= 11 is 0. The lowest BCUT2D eigenvalue weighted by molar-refractivity contribution is -0.128. The highest BCUT2D eigenvalue weighted by atomic mass is 16.5. The molecule has 0 unspecified atom stereocenters. The lowest BCUT2D eigenvalue weighted by atomic mass is 9.67.